The van der Waals surface area contributed by atoms with Gasteiger partial charge in [-0.1, -0.05) is 0 Å². The Morgan fingerprint density at radius 2 is 1.62 bits per heavy atom. The molecule has 0 radical (unpaired) electrons. The Morgan fingerprint density at radius 3 is 2.31 bits per heavy atom. The molecule has 0 atom stereocenters. The number of pyridine rings is 1. The summed E-state index contributed by atoms with van der Waals surface area (Å²) in [6.07, 6.45) is 0. The fourth-order valence-corrected chi connectivity index (χ4v) is 1.42. The minimum absolute atomic E-state index is 0.651. The van der Waals surface area contributed by atoms with Gasteiger partial charge in [0.1, 0.15) is 5.52 Å². The quantitative estimate of drug-likeness (QED) is 0.619. The molecular weight excluding hydrogens is 164 g/mol. The number of fused-ring (bicyclic) bond motifs is 1. The lowest BCUT2D eigenvalue weighted by Gasteiger charge is -2.01. The van der Waals surface area contributed by atoms with Crippen molar-refractivity contribution in [2.75, 3.05) is 0 Å². The summed E-state index contributed by atoms with van der Waals surface area (Å²) in [5.74, 6) is 0.676. The molecule has 0 saturated carbocycles. The summed E-state index contributed by atoms with van der Waals surface area (Å²) in [5.41, 5.74) is 4.92. The van der Waals surface area contributed by atoms with E-state index in [-0.39, 0.29) is 0 Å². The molecule has 3 heteroatoms. The van der Waals surface area contributed by atoms with Gasteiger partial charge >= 0.3 is 0 Å². The molecule has 0 aliphatic carbocycles. The van der Waals surface area contributed by atoms with Gasteiger partial charge in [0.25, 0.3) is 0 Å². The first-order valence-electron chi connectivity index (χ1n) is 4.30. The predicted molar refractivity (Wildman–Crippen MR) is 50.8 cm³/mol. The zero-order valence-corrected chi connectivity index (χ0v) is 8.30. The van der Waals surface area contributed by atoms with E-state index in [1.807, 2.05) is 20.8 Å². The van der Waals surface area contributed by atoms with Gasteiger partial charge < -0.3 is 4.42 Å². The first kappa shape index (κ1) is 8.23. The molecule has 2 aromatic rings. The van der Waals surface area contributed by atoms with E-state index in [0.717, 1.165) is 11.2 Å². The van der Waals surface area contributed by atoms with Crippen LogP contribution in [0.25, 0.3) is 11.2 Å². The Hall–Kier alpha value is -1.38. The molecule has 0 fully saturated rings. The summed E-state index contributed by atoms with van der Waals surface area (Å²) < 4.78 is 5.36. The zero-order chi connectivity index (χ0) is 9.59. The van der Waals surface area contributed by atoms with Crippen LogP contribution < -0.4 is 0 Å². The Balaban J connectivity index is 2.92. The normalized spacial score (nSPS) is 11.1. The average Bonchev–Trinajstić information content (AvgIpc) is 2.42. The van der Waals surface area contributed by atoms with Crippen molar-refractivity contribution in [1.82, 2.24) is 9.97 Å². The van der Waals surface area contributed by atoms with Crippen LogP contribution in [0, 0.1) is 27.7 Å². The molecule has 0 saturated heterocycles. The van der Waals surface area contributed by atoms with Crippen LogP contribution in [-0.2, 0) is 0 Å². The molecule has 3 nitrogen and oxygen atoms in total. The second-order valence-electron chi connectivity index (χ2n) is 3.33. The molecule has 68 valence electrons. The predicted octanol–water partition coefficient (Wildman–Crippen LogP) is 2.46. The summed E-state index contributed by atoms with van der Waals surface area (Å²) >= 11 is 0. The van der Waals surface area contributed by atoms with Gasteiger partial charge in [-0.05, 0) is 31.9 Å². The number of nitrogens with zero attached hydrogens (tertiary/aromatic N) is 2. The van der Waals surface area contributed by atoms with Crippen LogP contribution in [0.4, 0.5) is 0 Å². The van der Waals surface area contributed by atoms with E-state index in [2.05, 4.69) is 16.9 Å². The van der Waals surface area contributed by atoms with Crippen molar-refractivity contribution in [3.8, 4) is 0 Å². The van der Waals surface area contributed by atoms with Crippen LogP contribution in [0.3, 0.4) is 0 Å². The van der Waals surface area contributed by atoms with Crippen molar-refractivity contribution < 1.29 is 4.42 Å². The van der Waals surface area contributed by atoms with Gasteiger partial charge in [0.05, 0.1) is 0 Å². The van der Waals surface area contributed by atoms with Gasteiger partial charge in [0, 0.05) is 12.6 Å². The van der Waals surface area contributed by atoms with Gasteiger partial charge in [-0.2, -0.15) is 0 Å². The molecule has 0 aliphatic heterocycles. The van der Waals surface area contributed by atoms with Crippen LogP contribution >= 0.6 is 0 Å². The van der Waals surface area contributed by atoms with E-state index >= 15 is 0 Å². The minimum Gasteiger partial charge on any atom is -0.423 e. The van der Waals surface area contributed by atoms with Gasteiger partial charge in [-0.3, -0.25) is 0 Å². The molecule has 0 N–H and O–H groups in total. The lowest BCUT2D eigenvalue weighted by atomic mass is 10.1. The highest BCUT2D eigenvalue weighted by atomic mass is 16.4. The largest absolute Gasteiger partial charge is 0.423 e. The molecular formula is C10H12N2O. The first-order valence-corrected chi connectivity index (χ1v) is 4.30. The van der Waals surface area contributed by atoms with Gasteiger partial charge in [0.15, 0.2) is 5.89 Å². The van der Waals surface area contributed by atoms with Crippen molar-refractivity contribution >= 4 is 11.2 Å². The first-order chi connectivity index (χ1) is 6.09. The zero-order valence-electron chi connectivity index (χ0n) is 8.30. The maximum atomic E-state index is 5.36. The van der Waals surface area contributed by atoms with E-state index in [1.54, 1.807) is 0 Å². The molecule has 2 heterocycles. The van der Waals surface area contributed by atoms with Crippen LogP contribution in [0.5, 0.6) is 0 Å². The fraction of sp³-hybridized carbons (Fsp3) is 0.400. The standard InChI is InChI=1S/C10H12N2O/c1-5-6(2)9-10(11-7(5)3)13-8(4)12-9/h1-4H3. The number of aromatic nitrogens is 2. The van der Waals surface area contributed by atoms with E-state index < -0.39 is 0 Å². The third-order valence-corrected chi connectivity index (χ3v) is 2.45. The summed E-state index contributed by atoms with van der Waals surface area (Å²) in [5, 5.41) is 0. The Morgan fingerprint density at radius 1 is 0.923 bits per heavy atom. The molecule has 2 aromatic heterocycles. The van der Waals surface area contributed by atoms with Crippen LogP contribution in [0.2, 0.25) is 0 Å². The van der Waals surface area contributed by atoms with E-state index in [1.165, 1.54) is 11.1 Å². The van der Waals surface area contributed by atoms with Gasteiger partial charge in [-0.15, -0.1) is 0 Å². The van der Waals surface area contributed by atoms with E-state index in [0.29, 0.717) is 11.6 Å². The minimum atomic E-state index is 0.651. The molecule has 2 rings (SSSR count). The Kier molecular flexibility index (Phi) is 1.62. The molecule has 0 unspecified atom stereocenters. The Labute approximate surface area is 76.8 Å². The van der Waals surface area contributed by atoms with E-state index in [4.69, 9.17) is 4.42 Å². The Bertz CT molecular complexity index is 471. The van der Waals surface area contributed by atoms with Crippen molar-refractivity contribution in [3.05, 3.63) is 22.7 Å². The van der Waals surface area contributed by atoms with Crippen molar-refractivity contribution in [1.29, 1.82) is 0 Å². The molecule has 0 aliphatic rings. The van der Waals surface area contributed by atoms with Crippen molar-refractivity contribution in [3.63, 3.8) is 0 Å². The highest BCUT2D eigenvalue weighted by Gasteiger charge is 2.10. The van der Waals surface area contributed by atoms with Crippen LogP contribution in [-0.4, -0.2) is 9.97 Å². The monoisotopic (exact) mass is 176 g/mol. The second-order valence-corrected chi connectivity index (χ2v) is 3.33. The number of rotatable bonds is 0. The van der Waals surface area contributed by atoms with Crippen molar-refractivity contribution in [2.45, 2.75) is 27.7 Å². The lowest BCUT2D eigenvalue weighted by Crippen LogP contribution is -1.91. The highest BCUT2D eigenvalue weighted by molar-refractivity contribution is 5.74. The molecule has 0 spiro atoms. The summed E-state index contributed by atoms with van der Waals surface area (Å²) in [6, 6.07) is 0. The van der Waals surface area contributed by atoms with E-state index in [9.17, 15) is 0 Å². The third kappa shape index (κ3) is 1.11. The summed E-state index contributed by atoms with van der Waals surface area (Å²) in [7, 11) is 0. The van der Waals surface area contributed by atoms with Crippen molar-refractivity contribution in [2.24, 2.45) is 0 Å². The molecule has 0 amide bonds. The lowest BCUT2D eigenvalue weighted by molar-refractivity contribution is 0.550. The van der Waals surface area contributed by atoms with Gasteiger partial charge in [0.2, 0.25) is 5.71 Å². The maximum Gasteiger partial charge on any atom is 0.247 e. The highest BCUT2D eigenvalue weighted by Crippen LogP contribution is 2.21. The number of hydrogen-bond acceptors (Lipinski definition) is 3. The summed E-state index contributed by atoms with van der Waals surface area (Å²) in [6.45, 7) is 7.93. The maximum absolute atomic E-state index is 5.36. The van der Waals surface area contributed by atoms with Crippen LogP contribution in [0.15, 0.2) is 4.42 Å². The smallest absolute Gasteiger partial charge is 0.247 e. The molecule has 0 bridgehead atoms. The average molecular weight is 176 g/mol. The third-order valence-electron chi connectivity index (χ3n) is 2.45. The number of hydrogen-bond donors (Lipinski definition) is 0. The molecule has 13 heavy (non-hydrogen) atoms. The molecule has 0 aromatic carbocycles. The summed E-state index contributed by atoms with van der Waals surface area (Å²) in [4.78, 5) is 8.61. The van der Waals surface area contributed by atoms with Gasteiger partial charge in [-0.25, -0.2) is 9.97 Å². The topological polar surface area (TPSA) is 38.9 Å². The fourth-order valence-electron chi connectivity index (χ4n) is 1.42. The number of oxazole rings is 1. The second kappa shape index (κ2) is 2.55. The number of aryl methyl sites for hydroxylation is 3. The van der Waals surface area contributed by atoms with Crippen LogP contribution in [0.1, 0.15) is 22.7 Å². The SMILES string of the molecule is Cc1nc2c(C)c(C)c(C)nc2o1.